The predicted octanol–water partition coefficient (Wildman–Crippen LogP) is -0.422. The molecule has 1 aromatic rings. The Hall–Kier alpha value is -0.770. The van der Waals surface area contributed by atoms with E-state index in [2.05, 4.69) is 14.9 Å². The Bertz CT molecular complexity index is 452. The van der Waals surface area contributed by atoms with Gasteiger partial charge in [-0.25, -0.2) is 13.1 Å². The molecule has 1 fully saturated rings. The van der Waals surface area contributed by atoms with E-state index in [1.165, 1.54) is 0 Å². The van der Waals surface area contributed by atoms with Crippen LogP contribution in [0, 0.1) is 0 Å². The lowest BCUT2D eigenvalue weighted by Gasteiger charge is -2.22. The zero-order valence-electron chi connectivity index (χ0n) is 8.42. The van der Waals surface area contributed by atoms with E-state index in [1.807, 2.05) is 0 Å². The number of nitrogens with two attached hydrogens (primary N) is 1. The highest BCUT2D eigenvalue weighted by molar-refractivity contribution is 7.91. The van der Waals surface area contributed by atoms with E-state index in [9.17, 15) is 8.42 Å². The maximum absolute atomic E-state index is 11.8. The number of nitrogens with zero attached hydrogens (tertiary/aromatic N) is 2. The van der Waals surface area contributed by atoms with Crippen molar-refractivity contribution in [2.75, 3.05) is 18.9 Å². The molecule has 7 nitrogen and oxygen atoms in total. The van der Waals surface area contributed by atoms with Crippen LogP contribution >= 0.6 is 11.3 Å². The van der Waals surface area contributed by atoms with Crippen LogP contribution in [0.25, 0.3) is 0 Å². The number of aromatic nitrogens is 2. The third-order valence-electron chi connectivity index (χ3n) is 2.20. The Labute approximate surface area is 97.1 Å². The van der Waals surface area contributed by atoms with Gasteiger partial charge in [0.05, 0.1) is 0 Å². The second-order valence-corrected chi connectivity index (χ2v) is 6.31. The molecule has 0 spiro atoms. The minimum Gasteiger partial charge on any atom is -0.381 e. The summed E-state index contributed by atoms with van der Waals surface area (Å²) in [6.45, 7) is 1.15. The lowest BCUT2D eigenvalue weighted by molar-refractivity contribution is 0.0832. The van der Waals surface area contributed by atoms with Crippen LogP contribution in [0.15, 0.2) is 4.34 Å². The maximum atomic E-state index is 11.8. The summed E-state index contributed by atoms with van der Waals surface area (Å²) in [6, 6.07) is -0.0936. The van der Waals surface area contributed by atoms with Gasteiger partial charge in [0.2, 0.25) is 9.47 Å². The first-order chi connectivity index (χ1) is 7.58. The summed E-state index contributed by atoms with van der Waals surface area (Å²) in [5.41, 5.74) is 5.34. The summed E-state index contributed by atoms with van der Waals surface area (Å²) in [5, 5.41) is 7.14. The minimum atomic E-state index is -3.58. The van der Waals surface area contributed by atoms with Crippen LogP contribution in [0.4, 0.5) is 5.13 Å². The molecule has 1 aliphatic heterocycles. The SMILES string of the molecule is Nc1nnc(S(=O)(=O)NC2CCOCC2)s1. The molecule has 1 aromatic heterocycles. The molecule has 0 aliphatic carbocycles. The predicted molar refractivity (Wildman–Crippen MR) is 58.5 cm³/mol. The van der Waals surface area contributed by atoms with Crippen molar-refractivity contribution in [3.05, 3.63) is 0 Å². The topological polar surface area (TPSA) is 107 Å². The number of ether oxygens (including phenoxy) is 1. The van der Waals surface area contributed by atoms with Crippen molar-refractivity contribution in [3.8, 4) is 0 Å². The van der Waals surface area contributed by atoms with E-state index in [4.69, 9.17) is 10.5 Å². The summed E-state index contributed by atoms with van der Waals surface area (Å²) in [5.74, 6) is 0. The zero-order valence-corrected chi connectivity index (χ0v) is 10.1. The van der Waals surface area contributed by atoms with Gasteiger partial charge in [-0.3, -0.25) is 0 Å². The van der Waals surface area contributed by atoms with Crippen molar-refractivity contribution in [1.29, 1.82) is 0 Å². The highest BCUT2D eigenvalue weighted by Crippen LogP contribution is 2.18. The third kappa shape index (κ3) is 2.67. The molecular formula is C7H12N4O3S2. The number of nitrogens with one attached hydrogen (secondary N) is 1. The zero-order chi connectivity index (χ0) is 11.6. The quantitative estimate of drug-likeness (QED) is 0.767. The van der Waals surface area contributed by atoms with Crippen molar-refractivity contribution in [2.24, 2.45) is 0 Å². The molecule has 2 heterocycles. The molecule has 0 saturated carbocycles. The third-order valence-corrected chi connectivity index (χ3v) is 4.84. The van der Waals surface area contributed by atoms with E-state index in [0.717, 1.165) is 11.3 Å². The Morgan fingerprint density at radius 2 is 2.06 bits per heavy atom. The molecule has 9 heteroatoms. The average molecular weight is 264 g/mol. The molecule has 90 valence electrons. The average Bonchev–Trinajstić information content (AvgIpc) is 2.66. The van der Waals surface area contributed by atoms with Gasteiger partial charge in [0, 0.05) is 19.3 Å². The van der Waals surface area contributed by atoms with E-state index < -0.39 is 10.0 Å². The summed E-state index contributed by atoms with van der Waals surface area (Å²) in [4.78, 5) is 0. The molecule has 16 heavy (non-hydrogen) atoms. The molecular weight excluding hydrogens is 252 g/mol. The van der Waals surface area contributed by atoms with Crippen molar-refractivity contribution in [3.63, 3.8) is 0 Å². The van der Waals surface area contributed by atoms with Crippen LogP contribution in [-0.2, 0) is 14.8 Å². The first kappa shape index (κ1) is 11.7. The molecule has 3 N–H and O–H groups in total. The van der Waals surface area contributed by atoms with Crippen molar-refractivity contribution in [2.45, 2.75) is 23.2 Å². The van der Waals surface area contributed by atoms with Crippen molar-refractivity contribution >= 4 is 26.5 Å². The van der Waals surface area contributed by atoms with Crippen molar-refractivity contribution < 1.29 is 13.2 Å². The van der Waals surface area contributed by atoms with Crippen LogP contribution in [0.2, 0.25) is 0 Å². The molecule has 0 amide bonds. The van der Waals surface area contributed by atoms with E-state index in [-0.39, 0.29) is 15.5 Å². The molecule has 1 aliphatic rings. The molecule has 2 rings (SSSR count). The molecule has 0 bridgehead atoms. The van der Waals surface area contributed by atoms with E-state index in [0.29, 0.717) is 26.1 Å². The molecule has 0 atom stereocenters. The van der Waals surface area contributed by atoms with E-state index in [1.54, 1.807) is 0 Å². The highest BCUT2D eigenvalue weighted by Gasteiger charge is 2.25. The number of anilines is 1. The monoisotopic (exact) mass is 264 g/mol. The fraction of sp³-hybridized carbons (Fsp3) is 0.714. The number of hydrogen-bond donors (Lipinski definition) is 2. The normalized spacial score (nSPS) is 18.8. The molecule has 1 saturated heterocycles. The lowest BCUT2D eigenvalue weighted by atomic mass is 10.1. The van der Waals surface area contributed by atoms with Gasteiger partial charge in [0.15, 0.2) is 0 Å². The summed E-state index contributed by atoms with van der Waals surface area (Å²) in [7, 11) is -3.58. The number of nitrogen functional groups attached to an aromatic ring is 1. The fourth-order valence-electron chi connectivity index (χ4n) is 1.41. The van der Waals surface area contributed by atoms with Crippen LogP contribution < -0.4 is 10.5 Å². The fourth-order valence-corrected chi connectivity index (χ4v) is 3.52. The second kappa shape index (κ2) is 4.62. The Morgan fingerprint density at radius 3 is 2.62 bits per heavy atom. The Morgan fingerprint density at radius 1 is 1.38 bits per heavy atom. The van der Waals surface area contributed by atoms with Gasteiger partial charge in [-0.15, -0.1) is 10.2 Å². The van der Waals surface area contributed by atoms with Gasteiger partial charge in [0.25, 0.3) is 10.0 Å². The van der Waals surface area contributed by atoms with Gasteiger partial charge in [-0.1, -0.05) is 11.3 Å². The van der Waals surface area contributed by atoms with Gasteiger partial charge in [0.1, 0.15) is 0 Å². The van der Waals surface area contributed by atoms with Gasteiger partial charge >= 0.3 is 0 Å². The Kier molecular flexibility index (Phi) is 3.38. The summed E-state index contributed by atoms with van der Waals surface area (Å²) >= 11 is 0.857. The second-order valence-electron chi connectivity index (χ2n) is 3.41. The van der Waals surface area contributed by atoms with E-state index >= 15 is 0 Å². The Balaban J connectivity index is 2.07. The lowest BCUT2D eigenvalue weighted by Crippen LogP contribution is -2.38. The first-order valence-corrected chi connectivity index (χ1v) is 7.07. The smallest absolute Gasteiger partial charge is 0.270 e. The molecule has 0 unspecified atom stereocenters. The number of hydrogen-bond acceptors (Lipinski definition) is 7. The largest absolute Gasteiger partial charge is 0.381 e. The molecule has 0 radical (unpaired) electrons. The van der Waals surface area contributed by atoms with Crippen molar-refractivity contribution in [1.82, 2.24) is 14.9 Å². The highest BCUT2D eigenvalue weighted by atomic mass is 32.2. The van der Waals surface area contributed by atoms with Gasteiger partial charge in [-0.2, -0.15) is 0 Å². The summed E-state index contributed by atoms with van der Waals surface area (Å²) in [6.07, 6.45) is 1.35. The first-order valence-electron chi connectivity index (χ1n) is 4.77. The van der Waals surface area contributed by atoms with Gasteiger partial charge < -0.3 is 10.5 Å². The minimum absolute atomic E-state index is 0.0866. The number of rotatable bonds is 3. The van der Waals surface area contributed by atoms with Gasteiger partial charge in [-0.05, 0) is 12.8 Å². The standard InChI is InChI=1S/C7H12N4O3S2/c8-6-9-10-7(15-6)16(12,13)11-5-1-3-14-4-2-5/h5,11H,1-4H2,(H2,8,9). The van der Waals surface area contributed by atoms with Crippen LogP contribution in [0.1, 0.15) is 12.8 Å². The summed E-state index contributed by atoms with van der Waals surface area (Å²) < 4.78 is 31.3. The van der Waals surface area contributed by atoms with Crippen LogP contribution in [0.3, 0.4) is 0 Å². The number of sulfonamides is 1. The molecule has 0 aromatic carbocycles. The maximum Gasteiger partial charge on any atom is 0.270 e. The van der Waals surface area contributed by atoms with Crippen LogP contribution in [-0.4, -0.2) is 37.9 Å². The van der Waals surface area contributed by atoms with Crippen LogP contribution in [0.5, 0.6) is 0 Å².